The molecule has 1 heterocycles. The number of hydrogen-bond donors (Lipinski definition) is 1. The minimum Gasteiger partial charge on any atom is -0.508 e. The van der Waals surface area contributed by atoms with Crippen LogP contribution in [0.15, 0.2) is 42.5 Å². The molecule has 0 radical (unpaired) electrons. The van der Waals surface area contributed by atoms with E-state index in [9.17, 15) is 19.5 Å². The second kappa shape index (κ2) is 9.87. The fraction of sp³-hybridized carbons (Fsp3) is 0.423. The van der Waals surface area contributed by atoms with Crippen LogP contribution in [0.25, 0.3) is 0 Å². The maximum absolute atomic E-state index is 12.0. The lowest BCUT2D eigenvalue weighted by molar-refractivity contribution is -0.257. The first-order chi connectivity index (χ1) is 16.6. The maximum Gasteiger partial charge on any atom is 0.303 e. The molecule has 0 amide bonds. The van der Waals surface area contributed by atoms with Crippen molar-refractivity contribution >= 4 is 29.5 Å². The van der Waals surface area contributed by atoms with Crippen LogP contribution in [0.5, 0.6) is 5.75 Å². The molecule has 1 saturated carbocycles. The summed E-state index contributed by atoms with van der Waals surface area (Å²) in [5.41, 5.74) is 1.58. The van der Waals surface area contributed by atoms with Crippen molar-refractivity contribution in [2.24, 2.45) is 0 Å². The van der Waals surface area contributed by atoms with Gasteiger partial charge in [0.25, 0.3) is 0 Å². The molecule has 0 aromatic heterocycles. The molecular formula is C26H27ClO8. The van der Waals surface area contributed by atoms with Crippen LogP contribution in [0.4, 0.5) is 0 Å². The maximum atomic E-state index is 12.0. The molecule has 2 aliphatic rings. The number of phenolic OH excluding ortho intramolecular Hbond substituents is 1. The van der Waals surface area contributed by atoms with Crippen LogP contribution >= 0.6 is 11.6 Å². The number of carbonyl (C=O) groups is 3. The quantitative estimate of drug-likeness (QED) is 0.466. The van der Waals surface area contributed by atoms with E-state index >= 15 is 0 Å². The third-order valence-electron chi connectivity index (χ3n) is 6.17. The zero-order chi connectivity index (χ0) is 25.3. The minimum absolute atomic E-state index is 0.169. The summed E-state index contributed by atoms with van der Waals surface area (Å²) in [4.78, 5) is 35.9. The van der Waals surface area contributed by atoms with E-state index in [-0.39, 0.29) is 5.75 Å². The summed E-state index contributed by atoms with van der Waals surface area (Å²) in [6.45, 7) is 3.77. The molecule has 2 fully saturated rings. The number of carbonyl (C=O) groups excluding carboxylic acids is 3. The van der Waals surface area contributed by atoms with E-state index in [2.05, 4.69) is 0 Å². The van der Waals surface area contributed by atoms with Gasteiger partial charge in [0.2, 0.25) is 0 Å². The molecule has 1 saturated heterocycles. The predicted molar refractivity (Wildman–Crippen MR) is 125 cm³/mol. The summed E-state index contributed by atoms with van der Waals surface area (Å²) >= 11 is 6.48. The van der Waals surface area contributed by atoms with Crippen molar-refractivity contribution in [3.05, 3.63) is 64.2 Å². The third kappa shape index (κ3) is 5.60. The third-order valence-corrected chi connectivity index (χ3v) is 6.54. The highest BCUT2D eigenvalue weighted by molar-refractivity contribution is 6.31. The Kier molecular flexibility index (Phi) is 7.05. The molecule has 9 heteroatoms. The highest BCUT2D eigenvalue weighted by atomic mass is 35.5. The van der Waals surface area contributed by atoms with Gasteiger partial charge in [-0.05, 0) is 54.2 Å². The number of benzene rings is 2. The van der Waals surface area contributed by atoms with Crippen molar-refractivity contribution in [3.63, 3.8) is 0 Å². The van der Waals surface area contributed by atoms with Crippen molar-refractivity contribution in [3.8, 4) is 5.75 Å². The smallest absolute Gasteiger partial charge is 0.303 e. The lowest BCUT2D eigenvalue weighted by atomic mass is 9.88. The number of rotatable bonds is 6. The molecule has 35 heavy (non-hydrogen) atoms. The Morgan fingerprint density at radius 1 is 0.943 bits per heavy atom. The number of phenols is 1. The second-order valence-corrected chi connectivity index (χ2v) is 9.38. The van der Waals surface area contributed by atoms with Gasteiger partial charge in [-0.1, -0.05) is 35.9 Å². The largest absolute Gasteiger partial charge is 0.508 e. The van der Waals surface area contributed by atoms with Crippen LogP contribution in [-0.4, -0.2) is 46.9 Å². The van der Waals surface area contributed by atoms with Crippen LogP contribution in [0, 0.1) is 0 Å². The predicted octanol–water partition coefficient (Wildman–Crippen LogP) is 4.04. The average molecular weight is 503 g/mol. The van der Waals surface area contributed by atoms with Gasteiger partial charge < -0.3 is 24.1 Å². The van der Waals surface area contributed by atoms with Crippen molar-refractivity contribution < 1.29 is 38.4 Å². The zero-order valence-corrected chi connectivity index (χ0v) is 20.4. The summed E-state index contributed by atoms with van der Waals surface area (Å²) < 4.78 is 23.2. The lowest BCUT2D eigenvalue weighted by Gasteiger charge is -2.45. The number of hydrogen-bond acceptors (Lipinski definition) is 8. The Hall–Kier alpha value is -3.10. The highest BCUT2D eigenvalue weighted by Crippen LogP contribution is 2.54. The molecular weight excluding hydrogens is 476 g/mol. The number of ether oxygens (including phenoxy) is 4. The van der Waals surface area contributed by atoms with Gasteiger partial charge in [-0.3, -0.25) is 14.4 Å². The average Bonchev–Trinajstić information content (AvgIpc) is 3.55. The van der Waals surface area contributed by atoms with Gasteiger partial charge in [0.1, 0.15) is 17.5 Å². The summed E-state index contributed by atoms with van der Waals surface area (Å²) in [5, 5.41) is 10.1. The van der Waals surface area contributed by atoms with Gasteiger partial charge in [-0.15, -0.1) is 0 Å². The van der Waals surface area contributed by atoms with Crippen LogP contribution in [-0.2, 0) is 39.8 Å². The molecule has 4 atom stereocenters. The van der Waals surface area contributed by atoms with Crippen LogP contribution in [0.3, 0.4) is 0 Å². The van der Waals surface area contributed by atoms with Gasteiger partial charge in [0.05, 0.1) is 0 Å². The summed E-state index contributed by atoms with van der Waals surface area (Å²) in [7, 11) is 0. The molecule has 2 aromatic carbocycles. The first-order valence-corrected chi connectivity index (χ1v) is 11.7. The molecule has 186 valence electrons. The molecule has 2 aromatic rings. The number of aromatic hydroxyl groups is 1. The Bertz CT molecular complexity index is 1120. The van der Waals surface area contributed by atoms with Crippen LogP contribution in [0.2, 0.25) is 5.02 Å². The first kappa shape index (κ1) is 25.0. The van der Waals surface area contributed by atoms with Gasteiger partial charge in [0, 0.05) is 25.8 Å². The van der Waals surface area contributed by atoms with E-state index in [1.165, 1.54) is 20.8 Å². The van der Waals surface area contributed by atoms with Crippen LogP contribution < -0.4 is 0 Å². The van der Waals surface area contributed by atoms with Crippen molar-refractivity contribution in [2.45, 2.75) is 70.1 Å². The molecule has 1 aliphatic heterocycles. The van der Waals surface area contributed by atoms with E-state index in [1.54, 1.807) is 36.4 Å². The Morgan fingerprint density at radius 3 is 2.11 bits per heavy atom. The highest BCUT2D eigenvalue weighted by Gasteiger charge is 2.65. The number of halogens is 1. The number of esters is 3. The fourth-order valence-corrected chi connectivity index (χ4v) is 4.73. The zero-order valence-electron chi connectivity index (χ0n) is 19.7. The van der Waals surface area contributed by atoms with E-state index in [4.69, 9.17) is 30.5 Å². The van der Waals surface area contributed by atoms with Crippen LogP contribution in [0.1, 0.15) is 56.4 Å². The first-order valence-electron chi connectivity index (χ1n) is 11.3. The van der Waals surface area contributed by atoms with Gasteiger partial charge in [0.15, 0.2) is 18.3 Å². The summed E-state index contributed by atoms with van der Waals surface area (Å²) in [6.07, 6.45) is -2.10. The Labute approximate surface area is 208 Å². The topological polar surface area (TPSA) is 108 Å². The standard InChI is InChI=1S/C26H27ClO8/c1-14(28)32-23-22(35-26(10-11-26)25(34-16(3)30)24(23)33-15(2)29)18-6-9-21(27)19(13-18)12-17-4-7-20(31)8-5-17/h4-9,13,22-25,31H,10-12H2,1-3H3. The fourth-order valence-electron chi connectivity index (χ4n) is 4.55. The van der Waals surface area contributed by atoms with Gasteiger partial charge in [-0.2, -0.15) is 0 Å². The molecule has 0 bridgehead atoms. The van der Waals surface area contributed by atoms with E-state index in [0.717, 1.165) is 11.1 Å². The molecule has 1 spiro atoms. The van der Waals surface area contributed by atoms with Gasteiger partial charge >= 0.3 is 17.9 Å². The molecule has 1 N–H and O–H groups in total. The van der Waals surface area contributed by atoms with Crippen molar-refractivity contribution in [2.75, 3.05) is 0 Å². The Morgan fingerprint density at radius 2 is 1.54 bits per heavy atom. The Balaban J connectivity index is 1.73. The molecule has 4 unspecified atom stereocenters. The summed E-state index contributed by atoms with van der Waals surface area (Å²) in [6, 6.07) is 12.2. The molecule has 1 aliphatic carbocycles. The SMILES string of the molecule is CC(=O)OC1C(c2ccc(Cl)c(Cc3ccc(O)cc3)c2)OC2(CC2)C(OC(C)=O)C1OC(C)=O. The monoisotopic (exact) mass is 502 g/mol. The minimum atomic E-state index is -1.05. The second-order valence-electron chi connectivity index (χ2n) is 8.98. The van der Waals surface area contributed by atoms with E-state index in [0.29, 0.717) is 29.8 Å². The lowest BCUT2D eigenvalue weighted by Crippen LogP contribution is -2.59. The normalized spacial score (nSPS) is 24.5. The molecule has 4 rings (SSSR count). The van der Waals surface area contributed by atoms with E-state index in [1.807, 2.05) is 6.07 Å². The van der Waals surface area contributed by atoms with Crippen molar-refractivity contribution in [1.82, 2.24) is 0 Å². The summed E-state index contributed by atoms with van der Waals surface area (Å²) in [5.74, 6) is -1.57. The van der Waals surface area contributed by atoms with E-state index < -0.39 is 47.9 Å². The van der Waals surface area contributed by atoms with Gasteiger partial charge in [-0.25, -0.2) is 0 Å². The van der Waals surface area contributed by atoms with Crippen molar-refractivity contribution in [1.29, 1.82) is 0 Å². The molecule has 8 nitrogen and oxygen atoms in total.